The monoisotopic (exact) mass is 359 g/mol. The first-order valence-electron chi connectivity index (χ1n) is 8.25. The molecular formula is C18H21N3O3S. The number of anilines is 1. The lowest BCUT2D eigenvalue weighted by molar-refractivity contribution is 0.0951. The first-order chi connectivity index (χ1) is 12.0. The first kappa shape index (κ1) is 17.4. The van der Waals surface area contributed by atoms with Gasteiger partial charge in [0.1, 0.15) is 0 Å². The zero-order valence-corrected chi connectivity index (χ0v) is 14.9. The Hall–Kier alpha value is -2.41. The number of rotatable bonds is 4. The number of benzene rings is 1. The third kappa shape index (κ3) is 3.99. The normalized spacial score (nSPS) is 16.4. The number of carbonyl (C=O) groups is 1. The van der Waals surface area contributed by atoms with E-state index >= 15 is 0 Å². The van der Waals surface area contributed by atoms with Gasteiger partial charge in [-0.25, -0.2) is 8.42 Å². The van der Waals surface area contributed by atoms with Crippen molar-refractivity contribution in [2.24, 2.45) is 0 Å². The van der Waals surface area contributed by atoms with Crippen molar-refractivity contribution < 1.29 is 13.2 Å². The summed E-state index contributed by atoms with van der Waals surface area (Å²) in [6, 6.07) is 8.82. The number of amides is 1. The number of hydrogen-bond acceptors (Lipinski definition) is 4. The van der Waals surface area contributed by atoms with E-state index in [1.54, 1.807) is 30.6 Å². The summed E-state index contributed by atoms with van der Waals surface area (Å²) in [6.07, 6.45) is 4.92. The molecule has 1 saturated heterocycles. The van der Waals surface area contributed by atoms with Crippen molar-refractivity contribution in [1.82, 2.24) is 10.3 Å². The number of pyridine rings is 1. The Labute approximate surface area is 147 Å². The maximum absolute atomic E-state index is 12.3. The summed E-state index contributed by atoms with van der Waals surface area (Å²) in [4.78, 5) is 16.3. The average Bonchev–Trinajstić information content (AvgIpc) is 2.60. The highest BCUT2D eigenvalue weighted by Crippen LogP contribution is 2.27. The van der Waals surface area contributed by atoms with Crippen LogP contribution in [0, 0.1) is 6.92 Å². The molecule has 1 aliphatic rings. The van der Waals surface area contributed by atoms with Crippen LogP contribution in [0.5, 0.6) is 0 Å². The summed E-state index contributed by atoms with van der Waals surface area (Å²) in [5.74, 6) is -0.00591. The average molecular weight is 359 g/mol. The van der Waals surface area contributed by atoms with E-state index in [0.717, 1.165) is 17.5 Å². The molecule has 6 nitrogen and oxygen atoms in total. The maximum atomic E-state index is 12.3. The van der Waals surface area contributed by atoms with Crippen LogP contribution in [0.1, 0.15) is 34.3 Å². The van der Waals surface area contributed by atoms with Gasteiger partial charge >= 0.3 is 0 Å². The minimum Gasteiger partial charge on any atom is -0.348 e. The van der Waals surface area contributed by atoms with Crippen LogP contribution in [0.4, 0.5) is 5.69 Å². The molecule has 0 atom stereocenters. The van der Waals surface area contributed by atoms with Gasteiger partial charge in [0.15, 0.2) is 0 Å². The molecule has 0 radical (unpaired) electrons. The highest BCUT2D eigenvalue weighted by molar-refractivity contribution is 7.92. The molecule has 0 unspecified atom stereocenters. The minimum absolute atomic E-state index is 0.181. The highest BCUT2D eigenvalue weighted by atomic mass is 32.2. The van der Waals surface area contributed by atoms with Crippen LogP contribution in [-0.4, -0.2) is 31.6 Å². The van der Waals surface area contributed by atoms with E-state index in [4.69, 9.17) is 0 Å². The minimum atomic E-state index is -3.25. The van der Waals surface area contributed by atoms with Gasteiger partial charge in [-0.3, -0.25) is 14.1 Å². The highest BCUT2D eigenvalue weighted by Gasteiger charge is 2.27. The van der Waals surface area contributed by atoms with E-state index < -0.39 is 10.0 Å². The van der Waals surface area contributed by atoms with Gasteiger partial charge in [0, 0.05) is 31.0 Å². The second-order valence-corrected chi connectivity index (χ2v) is 8.15. The van der Waals surface area contributed by atoms with Crippen LogP contribution >= 0.6 is 0 Å². The standard InChI is InChI=1S/C18H21N3O3S/c1-14-12-16(18(22)20-13-15-6-8-19-9-7-15)4-5-17(14)21-10-2-3-11-25(21,23)24/h4-9,12H,2-3,10-11,13H2,1H3,(H,20,22). The molecule has 2 heterocycles. The molecule has 1 fully saturated rings. The molecule has 1 amide bonds. The van der Waals surface area contributed by atoms with Crippen LogP contribution in [0.2, 0.25) is 0 Å². The fourth-order valence-corrected chi connectivity index (χ4v) is 4.62. The molecule has 1 aromatic heterocycles. The van der Waals surface area contributed by atoms with E-state index in [-0.39, 0.29) is 11.7 Å². The van der Waals surface area contributed by atoms with Crippen molar-refractivity contribution in [2.75, 3.05) is 16.6 Å². The molecule has 1 aromatic carbocycles. The third-order valence-electron chi connectivity index (χ3n) is 4.28. The Morgan fingerprint density at radius 1 is 1.20 bits per heavy atom. The second kappa shape index (κ2) is 7.23. The predicted molar refractivity (Wildman–Crippen MR) is 97.0 cm³/mol. The van der Waals surface area contributed by atoms with Crippen molar-refractivity contribution in [1.29, 1.82) is 0 Å². The number of sulfonamides is 1. The SMILES string of the molecule is Cc1cc(C(=O)NCc2ccncc2)ccc1N1CCCCS1(=O)=O. The largest absolute Gasteiger partial charge is 0.348 e. The molecule has 1 aliphatic heterocycles. The summed E-state index contributed by atoms with van der Waals surface area (Å²) in [5, 5.41) is 2.86. The van der Waals surface area contributed by atoms with Gasteiger partial charge in [0.25, 0.3) is 5.91 Å². The van der Waals surface area contributed by atoms with E-state index in [2.05, 4.69) is 10.3 Å². The van der Waals surface area contributed by atoms with Crippen LogP contribution < -0.4 is 9.62 Å². The smallest absolute Gasteiger partial charge is 0.251 e. The van der Waals surface area contributed by atoms with E-state index in [9.17, 15) is 13.2 Å². The van der Waals surface area contributed by atoms with Gasteiger partial charge in [-0.1, -0.05) is 0 Å². The van der Waals surface area contributed by atoms with E-state index in [1.807, 2.05) is 19.1 Å². The van der Waals surface area contributed by atoms with Gasteiger partial charge in [-0.2, -0.15) is 0 Å². The van der Waals surface area contributed by atoms with Crippen molar-refractivity contribution in [3.05, 3.63) is 59.4 Å². The quantitative estimate of drug-likeness (QED) is 0.908. The Morgan fingerprint density at radius 3 is 2.64 bits per heavy atom. The summed E-state index contributed by atoms with van der Waals surface area (Å²) in [7, 11) is -3.25. The number of nitrogens with zero attached hydrogens (tertiary/aromatic N) is 2. The molecular weight excluding hydrogens is 338 g/mol. The molecule has 0 aliphatic carbocycles. The van der Waals surface area contributed by atoms with Crippen LogP contribution in [-0.2, 0) is 16.6 Å². The topological polar surface area (TPSA) is 79.4 Å². The van der Waals surface area contributed by atoms with Gasteiger partial charge in [-0.05, 0) is 61.2 Å². The Balaban J connectivity index is 1.74. The van der Waals surface area contributed by atoms with Crippen molar-refractivity contribution in [3.8, 4) is 0 Å². The Bertz CT molecular complexity index is 866. The van der Waals surface area contributed by atoms with E-state index in [0.29, 0.717) is 30.8 Å². The lowest BCUT2D eigenvalue weighted by Crippen LogP contribution is -2.38. The summed E-state index contributed by atoms with van der Waals surface area (Å²) >= 11 is 0. The maximum Gasteiger partial charge on any atom is 0.251 e. The molecule has 1 N–H and O–H groups in total. The van der Waals surface area contributed by atoms with Gasteiger partial charge < -0.3 is 5.32 Å². The first-order valence-corrected chi connectivity index (χ1v) is 9.86. The third-order valence-corrected chi connectivity index (χ3v) is 6.13. The Kier molecular flexibility index (Phi) is 5.03. The van der Waals surface area contributed by atoms with Crippen molar-refractivity contribution in [3.63, 3.8) is 0 Å². The second-order valence-electron chi connectivity index (χ2n) is 6.13. The zero-order valence-electron chi connectivity index (χ0n) is 14.1. The Morgan fingerprint density at radius 2 is 1.96 bits per heavy atom. The molecule has 0 bridgehead atoms. The van der Waals surface area contributed by atoms with Crippen LogP contribution in [0.25, 0.3) is 0 Å². The van der Waals surface area contributed by atoms with E-state index in [1.165, 1.54) is 4.31 Å². The lowest BCUT2D eigenvalue weighted by Gasteiger charge is -2.29. The number of carbonyl (C=O) groups excluding carboxylic acids is 1. The fourth-order valence-electron chi connectivity index (χ4n) is 2.92. The molecule has 7 heteroatoms. The number of hydrogen-bond donors (Lipinski definition) is 1. The summed E-state index contributed by atoms with van der Waals surface area (Å²) in [5.41, 5.74) is 2.92. The summed E-state index contributed by atoms with van der Waals surface area (Å²) < 4.78 is 26.0. The summed E-state index contributed by atoms with van der Waals surface area (Å²) in [6.45, 7) is 2.75. The van der Waals surface area contributed by atoms with Gasteiger partial charge in [0.2, 0.25) is 10.0 Å². The molecule has 3 rings (SSSR count). The van der Waals surface area contributed by atoms with Crippen molar-refractivity contribution >= 4 is 21.6 Å². The number of nitrogens with one attached hydrogen (secondary N) is 1. The molecule has 0 saturated carbocycles. The molecule has 0 spiro atoms. The molecule has 2 aromatic rings. The van der Waals surface area contributed by atoms with Crippen molar-refractivity contribution in [2.45, 2.75) is 26.3 Å². The fraction of sp³-hybridized carbons (Fsp3) is 0.333. The number of aromatic nitrogens is 1. The molecule has 25 heavy (non-hydrogen) atoms. The van der Waals surface area contributed by atoms with Gasteiger partial charge in [-0.15, -0.1) is 0 Å². The molecule has 132 valence electrons. The number of aryl methyl sites for hydroxylation is 1. The van der Waals surface area contributed by atoms with Crippen LogP contribution in [0.3, 0.4) is 0 Å². The lowest BCUT2D eigenvalue weighted by atomic mass is 10.1. The van der Waals surface area contributed by atoms with Gasteiger partial charge in [0.05, 0.1) is 11.4 Å². The predicted octanol–water partition coefficient (Wildman–Crippen LogP) is 2.25. The van der Waals surface area contributed by atoms with Crippen LogP contribution in [0.15, 0.2) is 42.7 Å². The zero-order chi connectivity index (χ0) is 17.9.